The molecular weight excluding hydrogens is 333 g/mol. The van der Waals surface area contributed by atoms with E-state index in [0.717, 1.165) is 5.56 Å². The van der Waals surface area contributed by atoms with E-state index in [-0.39, 0.29) is 23.0 Å². The molecule has 26 heavy (non-hydrogen) atoms. The average Bonchev–Trinajstić information content (AvgIpc) is 2.54. The maximum absolute atomic E-state index is 13.2. The fourth-order valence-corrected chi connectivity index (χ4v) is 2.98. The Morgan fingerprint density at radius 2 is 2.04 bits per heavy atom. The van der Waals surface area contributed by atoms with Crippen LogP contribution < -0.4 is 10.9 Å². The van der Waals surface area contributed by atoms with Crippen LogP contribution in [0.15, 0.2) is 41.3 Å². The van der Waals surface area contributed by atoms with Crippen LogP contribution >= 0.6 is 0 Å². The molecule has 0 saturated carbocycles. The highest BCUT2D eigenvalue weighted by atomic mass is 19.1. The van der Waals surface area contributed by atoms with E-state index < -0.39 is 5.91 Å². The molecule has 0 aliphatic heterocycles. The maximum atomic E-state index is 13.2. The lowest BCUT2D eigenvalue weighted by Crippen LogP contribution is -2.37. The number of carbonyl (C=O) groups excluding carboxylic acids is 1. The number of benzene rings is 1. The molecule has 0 aliphatic rings. The van der Waals surface area contributed by atoms with Gasteiger partial charge in [0.2, 0.25) is 0 Å². The number of hydrogen-bond acceptors (Lipinski definition) is 3. The van der Waals surface area contributed by atoms with E-state index in [1.807, 2.05) is 25.9 Å². The Labute approximate surface area is 153 Å². The highest BCUT2D eigenvalue weighted by Gasteiger charge is 2.18. The van der Waals surface area contributed by atoms with Crippen molar-refractivity contribution in [1.82, 2.24) is 14.8 Å². The minimum absolute atomic E-state index is 0.0445. The topological polar surface area (TPSA) is 54.3 Å². The molecule has 0 radical (unpaired) electrons. The van der Waals surface area contributed by atoms with E-state index in [1.165, 1.54) is 12.1 Å². The normalized spacial score (nSPS) is 12.2. The highest BCUT2D eigenvalue weighted by molar-refractivity contribution is 5.95. The Kier molecular flexibility index (Phi) is 6.69. The molecule has 0 saturated heterocycles. The quantitative estimate of drug-likeness (QED) is 0.826. The molecule has 2 rings (SSSR count). The van der Waals surface area contributed by atoms with Crippen LogP contribution in [-0.2, 0) is 6.42 Å². The molecule has 0 aliphatic carbocycles. The third kappa shape index (κ3) is 5.02. The van der Waals surface area contributed by atoms with Crippen LogP contribution in [0, 0.1) is 12.7 Å². The van der Waals surface area contributed by atoms with Crippen LogP contribution in [0.5, 0.6) is 0 Å². The van der Waals surface area contributed by atoms with Crippen molar-refractivity contribution in [2.75, 3.05) is 27.2 Å². The van der Waals surface area contributed by atoms with Crippen molar-refractivity contribution in [3.05, 3.63) is 69.4 Å². The number of nitrogens with zero attached hydrogens (tertiary/aromatic N) is 2. The first-order valence-electron chi connectivity index (χ1n) is 8.68. The van der Waals surface area contributed by atoms with Gasteiger partial charge in [0, 0.05) is 25.3 Å². The standard InChI is InChI=1S/C20H26FN3O2/c1-14-9-11-24(15(2)13-23(3)4)20(26)18(14)19(25)22-10-8-16-6-5-7-17(21)12-16/h5-7,9,11-12,15H,8,10,13H2,1-4H3,(H,22,25). The molecule has 1 unspecified atom stereocenters. The van der Waals surface area contributed by atoms with Gasteiger partial charge in [-0.1, -0.05) is 12.1 Å². The first kappa shape index (κ1) is 19.8. The predicted octanol–water partition coefficient (Wildman–Crippen LogP) is 2.39. The highest BCUT2D eigenvalue weighted by Crippen LogP contribution is 2.08. The van der Waals surface area contributed by atoms with Crippen molar-refractivity contribution in [1.29, 1.82) is 0 Å². The Morgan fingerprint density at radius 1 is 1.31 bits per heavy atom. The zero-order valence-corrected chi connectivity index (χ0v) is 15.8. The lowest BCUT2D eigenvalue weighted by Gasteiger charge is -2.20. The van der Waals surface area contributed by atoms with E-state index in [1.54, 1.807) is 35.9 Å². The average molecular weight is 359 g/mol. The molecule has 1 atom stereocenters. The second-order valence-electron chi connectivity index (χ2n) is 6.83. The molecule has 5 nitrogen and oxygen atoms in total. The van der Waals surface area contributed by atoms with Gasteiger partial charge >= 0.3 is 0 Å². The molecule has 1 aromatic carbocycles. The molecule has 0 bridgehead atoms. The monoisotopic (exact) mass is 359 g/mol. The van der Waals surface area contributed by atoms with E-state index >= 15 is 0 Å². The van der Waals surface area contributed by atoms with E-state index in [2.05, 4.69) is 5.32 Å². The summed E-state index contributed by atoms with van der Waals surface area (Å²) in [6, 6.07) is 8.01. The molecule has 0 fully saturated rings. The summed E-state index contributed by atoms with van der Waals surface area (Å²) < 4.78 is 14.8. The maximum Gasteiger partial charge on any atom is 0.263 e. The summed E-state index contributed by atoms with van der Waals surface area (Å²) in [6.45, 7) is 4.74. The summed E-state index contributed by atoms with van der Waals surface area (Å²) in [5.74, 6) is -0.694. The zero-order chi connectivity index (χ0) is 19.3. The number of carbonyl (C=O) groups is 1. The number of likely N-dealkylation sites (N-methyl/N-ethyl adjacent to an activating group) is 1. The Morgan fingerprint density at radius 3 is 2.69 bits per heavy atom. The van der Waals surface area contributed by atoms with E-state index in [4.69, 9.17) is 0 Å². The van der Waals surface area contributed by atoms with Crippen LogP contribution in [0.1, 0.15) is 34.5 Å². The van der Waals surface area contributed by atoms with Crippen molar-refractivity contribution in [3.8, 4) is 0 Å². The summed E-state index contributed by atoms with van der Waals surface area (Å²) in [7, 11) is 3.88. The lowest BCUT2D eigenvalue weighted by molar-refractivity contribution is 0.0951. The Balaban J connectivity index is 2.11. The summed E-state index contributed by atoms with van der Waals surface area (Å²) >= 11 is 0. The SMILES string of the molecule is Cc1ccn(C(C)CN(C)C)c(=O)c1C(=O)NCCc1cccc(F)c1. The largest absolute Gasteiger partial charge is 0.352 e. The van der Waals surface area contributed by atoms with Gasteiger partial charge in [-0.2, -0.15) is 0 Å². The van der Waals surface area contributed by atoms with Crippen molar-refractivity contribution < 1.29 is 9.18 Å². The molecule has 1 heterocycles. The van der Waals surface area contributed by atoms with Crippen molar-refractivity contribution in [2.45, 2.75) is 26.3 Å². The minimum atomic E-state index is -0.393. The predicted molar refractivity (Wildman–Crippen MR) is 101 cm³/mol. The fraction of sp³-hybridized carbons (Fsp3) is 0.400. The number of aromatic nitrogens is 1. The van der Waals surface area contributed by atoms with Gasteiger partial charge < -0.3 is 14.8 Å². The third-order valence-corrected chi connectivity index (χ3v) is 4.25. The fourth-order valence-electron chi connectivity index (χ4n) is 2.98. The van der Waals surface area contributed by atoms with Gasteiger partial charge in [-0.3, -0.25) is 9.59 Å². The second-order valence-corrected chi connectivity index (χ2v) is 6.83. The molecule has 2 aromatic rings. The number of aryl methyl sites for hydroxylation is 1. The molecular formula is C20H26FN3O2. The number of nitrogens with one attached hydrogen (secondary N) is 1. The van der Waals surface area contributed by atoms with Gasteiger partial charge in [0.1, 0.15) is 11.4 Å². The summed E-state index contributed by atoms with van der Waals surface area (Å²) in [5, 5.41) is 2.77. The van der Waals surface area contributed by atoms with Crippen LogP contribution in [0.2, 0.25) is 0 Å². The van der Waals surface area contributed by atoms with Gasteiger partial charge in [0.05, 0.1) is 0 Å². The van der Waals surface area contributed by atoms with Gasteiger partial charge in [-0.05, 0) is 63.7 Å². The van der Waals surface area contributed by atoms with E-state index in [9.17, 15) is 14.0 Å². The summed E-state index contributed by atoms with van der Waals surface area (Å²) in [5.41, 5.74) is 1.32. The number of hydrogen-bond donors (Lipinski definition) is 1. The van der Waals surface area contributed by atoms with Gasteiger partial charge in [-0.15, -0.1) is 0 Å². The summed E-state index contributed by atoms with van der Waals surface area (Å²) in [6.07, 6.45) is 2.23. The van der Waals surface area contributed by atoms with Crippen LogP contribution in [0.25, 0.3) is 0 Å². The van der Waals surface area contributed by atoms with E-state index in [0.29, 0.717) is 25.1 Å². The molecule has 1 aromatic heterocycles. The van der Waals surface area contributed by atoms with Crippen molar-refractivity contribution >= 4 is 5.91 Å². The van der Waals surface area contributed by atoms with Crippen LogP contribution in [-0.4, -0.2) is 42.6 Å². The first-order valence-corrected chi connectivity index (χ1v) is 8.68. The number of halogens is 1. The van der Waals surface area contributed by atoms with Crippen LogP contribution in [0.4, 0.5) is 4.39 Å². The molecule has 6 heteroatoms. The Hall–Kier alpha value is -2.47. The second kappa shape index (κ2) is 8.76. The van der Waals surface area contributed by atoms with Gasteiger partial charge in [-0.25, -0.2) is 4.39 Å². The third-order valence-electron chi connectivity index (χ3n) is 4.25. The molecule has 1 N–H and O–H groups in total. The first-order chi connectivity index (χ1) is 12.3. The number of amides is 1. The minimum Gasteiger partial charge on any atom is -0.352 e. The van der Waals surface area contributed by atoms with Gasteiger partial charge in [0.25, 0.3) is 11.5 Å². The van der Waals surface area contributed by atoms with Crippen molar-refractivity contribution in [2.24, 2.45) is 0 Å². The van der Waals surface area contributed by atoms with Crippen LogP contribution in [0.3, 0.4) is 0 Å². The number of rotatable bonds is 7. The van der Waals surface area contributed by atoms with Crippen molar-refractivity contribution in [3.63, 3.8) is 0 Å². The number of pyridine rings is 1. The zero-order valence-electron chi connectivity index (χ0n) is 15.8. The van der Waals surface area contributed by atoms with Gasteiger partial charge in [0.15, 0.2) is 0 Å². The summed E-state index contributed by atoms with van der Waals surface area (Å²) in [4.78, 5) is 27.3. The lowest BCUT2D eigenvalue weighted by atomic mass is 10.1. The Bertz CT molecular complexity index is 830. The molecule has 1 amide bonds. The molecule has 0 spiro atoms. The smallest absolute Gasteiger partial charge is 0.263 e. The molecule has 140 valence electrons.